The van der Waals surface area contributed by atoms with Crippen LogP contribution in [0, 0.1) is 11.3 Å². The minimum Gasteiger partial charge on any atom is -0.495 e. The maximum absolute atomic E-state index is 13.2. The highest BCUT2D eigenvalue weighted by atomic mass is 16.5. The van der Waals surface area contributed by atoms with Gasteiger partial charge >= 0.3 is 6.03 Å². The normalized spacial score (nSPS) is 23.2. The molecule has 0 radical (unpaired) electrons. The van der Waals surface area contributed by atoms with Gasteiger partial charge in [-0.15, -0.1) is 0 Å². The summed E-state index contributed by atoms with van der Waals surface area (Å²) in [5.74, 6) is -0.109. The molecule has 4 rings (SSSR count). The second kappa shape index (κ2) is 8.72. The monoisotopic (exact) mass is 441 g/mol. The summed E-state index contributed by atoms with van der Waals surface area (Å²) in [6.45, 7) is 1.14. The molecule has 1 aromatic carbocycles. The largest absolute Gasteiger partial charge is 0.495 e. The van der Waals surface area contributed by atoms with Crippen LogP contribution < -0.4 is 15.0 Å². The number of Topliss-reactive ketones (excluding diaryl/α,β-unsaturated/α-hetero) is 1. The Bertz CT molecular complexity index is 966. The quantitative estimate of drug-likeness (QED) is 0.715. The Morgan fingerprint density at radius 3 is 2.53 bits per heavy atom. The molecule has 9 heteroatoms. The average molecular weight is 441 g/mol. The van der Waals surface area contributed by atoms with Gasteiger partial charge < -0.3 is 14.4 Å². The van der Waals surface area contributed by atoms with Crippen LogP contribution >= 0.6 is 0 Å². The van der Waals surface area contributed by atoms with Gasteiger partial charge in [0.25, 0.3) is 5.91 Å². The van der Waals surface area contributed by atoms with Gasteiger partial charge in [0.05, 0.1) is 12.8 Å². The Morgan fingerprint density at radius 2 is 1.91 bits per heavy atom. The van der Waals surface area contributed by atoms with E-state index in [1.807, 2.05) is 0 Å². The zero-order valence-electron chi connectivity index (χ0n) is 18.1. The number of amides is 4. The summed E-state index contributed by atoms with van der Waals surface area (Å²) in [6, 6.07) is 4.36. The Morgan fingerprint density at radius 1 is 1.16 bits per heavy atom. The van der Waals surface area contributed by atoms with E-state index in [9.17, 15) is 24.0 Å². The number of ether oxygens (including phenoxy) is 1. The highest BCUT2D eigenvalue weighted by Crippen LogP contribution is 2.43. The maximum atomic E-state index is 13.2. The van der Waals surface area contributed by atoms with E-state index in [1.54, 1.807) is 23.1 Å². The number of anilines is 1. The zero-order chi connectivity index (χ0) is 22.9. The van der Waals surface area contributed by atoms with Crippen molar-refractivity contribution in [1.29, 1.82) is 0 Å². The summed E-state index contributed by atoms with van der Waals surface area (Å²) in [5, 5.41) is 2.28. The lowest BCUT2D eigenvalue weighted by molar-refractivity contribution is -0.138. The second-order valence-electron chi connectivity index (χ2n) is 8.78. The molecule has 2 aliphatic heterocycles. The van der Waals surface area contributed by atoms with E-state index < -0.39 is 11.4 Å². The van der Waals surface area contributed by atoms with Crippen molar-refractivity contribution in [2.45, 2.75) is 38.5 Å². The number of nitrogens with one attached hydrogen (secondary N) is 1. The van der Waals surface area contributed by atoms with E-state index in [0.29, 0.717) is 55.8 Å². The minimum absolute atomic E-state index is 0.144. The molecule has 4 amide bonds. The van der Waals surface area contributed by atoms with Gasteiger partial charge in [-0.3, -0.25) is 24.6 Å². The van der Waals surface area contributed by atoms with Crippen LogP contribution in [0.4, 0.5) is 10.5 Å². The van der Waals surface area contributed by atoms with Gasteiger partial charge in [0.2, 0.25) is 5.91 Å². The number of aldehydes is 1. The SMILES string of the molecule is COc1ccc(C(=O)N2CCC3(CCC(C=O)CC3=O)CC2)cc1N1CCC(=O)NC1=O. The first-order chi connectivity index (χ1) is 15.4. The first-order valence-electron chi connectivity index (χ1n) is 10.9. The van der Waals surface area contributed by atoms with Crippen LogP contribution in [-0.4, -0.2) is 61.6 Å². The van der Waals surface area contributed by atoms with Crippen LogP contribution in [0.15, 0.2) is 18.2 Å². The number of ketones is 1. The Labute approximate surface area is 186 Å². The average Bonchev–Trinajstić information content (AvgIpc) is 2.80. The fourth-order valence-corrected chi connectivity index (χ4v) is 4.95. The van der Waals surface area contributed by atoms with Gasteiger partial charge in [-0.25, -0.2) is 4.79 Å². The fraction of sp³-hybridized carbons (Fsp3) is 0.522. The number of likely N-dealkylation sites (tertiary alicyclic amines) is 1. The molecule has 9 nitrogen and oxygen atoms in total. The first-order valence-corrected chi connectivity index (χ1v) is 10.9. The lowest BCUT2D eigenvalue weighted by Gasteiger charge is -2.44. The van der Waals surface area contributed by atoms with Crippen molar-refractivity contribution in [3.8, 4) is 5.75 Å². The van der Waals surface area contributed by atoms with E-state index in [2.05, 4.69) is 5.32 Å². The third-order valence-corrected chi connectivity index (χ3v) is 7.00. The zero-order valence-corrected chi connectivity index (χ0v) is 18.1. The van der Waals surface area contributed by atoms with Crippen molar-refractivity contribution in [1.82, 2.24) is 10.2 Å². The standard InChI is InChI=1S/C23H27N3O6/c1-32-18-3-2-16(13-17(18)26-9-5-20(29)24-22(26)31)21(30)25-10-7-23(8-11-25)6-4-15(14-27)12-19(23)28/h2-3,13-15H,4-12H2,1H3,(H,24,29,31). The second-order valence-corrected chi connectivity index (χ2v) is 8.78. The molecular formula is C23H27N3O6. The predicted molar refractivity (Wildman–Crippen MR) is 114 cm³/mol. The summed E-state index contributed by atoms with van der Waals surface area (Å²) in [6.07, 6.45) is 3.98. The summed E-state index contributed by atoms with van der Waals surface area (Å²) in [4.78, 5) is 63.8. The highest BCUT2D eigenvalue weighted by Gasteiger charge is 2.45. The highest BCUT2D eigenvalue weighted by molar-refractivity contribution is 6.07. The number of imide groups is 1. The molecule has 3 aliphatic rings. The van der Waals surface area contributed by atoms with Crippen LogP contribution in [0.1, 0.15) is 48.9 Å². The Hall–Kier alpha value is -3.23. The molecule has 0 bridgehead atoms. The summed E-state index contributed by atoms with van der Waals surface area (Å²) in [7, 11) is 1.48. The summed E-state index contributed by atoms with van der Waals surface area (Å²) >= 11 is 0. The molecule has 3 fully saturated rings. The number of nitrogens with zero attached hydrogens (tertiary/aromatic N) is 2. The molecule has 1 N–H and O–H groups in total. The fourth-order valence-electron chi connectivity index (χ4n) is 4.95. The van der Waals surface area contributed by atoms with Crippen LogP contribution in [-0.2, 0) is 14.4 Å². The smallest absolute Gasteiger partial charge is 0.328 e. The molecule has 1 aromatic rings. The predicted octanol–water partition coefficient (Wildman–Crippen LogP) is 1.93. The Kier molecular flexibility index (Phi) is 5.99. The van der Waals surface area contributed by atoms with Crippen molar-refractivity contribution in [3.05, 3.63) is 23.8 Å². The lowest BCUT2D eigenvalue weighted by atomic mass is 9.65. The van der Waals surface area contributed by atoms with Gasteiger partial charge in [-0.1, -0.05) is 0 Å². The molecule has 1 aliphatic carbocycles. The van der Waals surface area contributed by atoms with E-state index in [1.165, 1.54) is 12.0 Å². The van der Waals surface area contributed by atoms with Crippen molar-refractivity contribution in [2.24, 2.45) is 11.3 Å². The molecule has 2 saturated heterocycles. The third kappa shape index (κ3) is 3.99. The number of hydrogen-bond acceptors (Lipinski definition) is 6. The van der Waals surface area contributed by atoms with E-state index in [-0.39, 0.29) is 36.5 Å². The number of carbonyl (C=O) groups is 5. The number of hydrogen-bond donors (Lipinski definition) is 1. The van der Waals surface area contributed by atoms with E-state index in [0.717, 1.165) is 12.7 Å². The van der Waals surface area contributed by atoms with Gasteiger partial charge in [0.15, 0.2) is 0 Å². The number of methoxy groups -OCH3 is 1. The van der Waals surface area contributed by atoms with E-state index in [4.69, 9.17) is 4.74 Å². The summed E-state index contributed by atoms with van der Waals surface area (Å²) < 4.78 is 5.37. The molecule has 2 heterocycles. The van der Waals surface area contributed by atoms with Crippen molar-refractivity contribution >= 4 is 35.6 Å². The molecule has 32 heavy (non-hydrogen) atoms. The topological polar surface area (TPSA) is 113 Å². The van der Waals surface area contributed by atoms with Gasteiger partial charge in [0.1, 0.15) is 17.8 Å². The molecule has 170 valence electrons. The number of benzene rings is 1. The molecule has 1 atom stereocenters. The van der Waals surface area contributed by atoms with Crippen molar-refractivity contribution in [2.75, 3.05) is 31.6 Å². The molecule has 1 spiro atoms. The molecular weight excluding hydrogens is 414 g/mol. The number of rotatable bonds is 4. The van der Waals surface area contributed by atoms with Crippen molar-refractivity contribution < 1.29 is 28.7 Å². The van der Waals surface area contributed by atoms with Gasteiger partial charge in [-0.2, -0.15) is 0 Å². The van der Waals surface area contributed by atoms with Crippen LogP contribution in [0.2, 0.25) is 0 Å². The van der Waals surface area contributed by atoms with E-state index >= 15 is 0 Å². The third-order valence-electron chi connectivity index (χ3n) is 7.00. The Balaban J connectivity index is 1.48. The van der Waals surface area contributed by atoms with Crippen LogP contribution in [0.3, 0.4) is 0 Å². The maximum Gasteiger partial charge on any atom is 0.328 e. The molecule has 1 unspecified atom stereocenters. The molecule has 1 saturated carbocycles. The summed E-state index contributed by atoms with van der Waals surface area (Å²) in [5.41, 5.74) is 0.427. The minimum atomic E-state index is -0.548. The lowest BCUT2D eigenvalue weighted by Crippen LogP contribution is -2.50. The molecule has 0 aromatic heterocycles. The van der Waals surface area contributed by atoms with Crippen LogP contribution in [0.5, 0.6) is 5.75 Å². The number of carbonyl (C=O) groups excluding carboxylic acids is 5. The van der Waals surface area contributed by atoms with Crippen molar-refractivity contribution in [3.63, 3.8) is 0 Å². The van der Waals surface area contributed by atoms with Gasteiger partial charge in [-0.05, 0) is 43.9 Å². The van der Waals surface area contributed by atoms with Gasteiger partial charge in [0, 0.05) is 49.4 Å². The number of piperidine rings is 1. The first kappa shape index (κ1) is 22.0. The number of urea groups is 1. The van der Waals surface area contributed by atoms with Crippen LogP contribution in [0.25, 0.3) is 0 Å².